The van der Waals surface area contributed by atoms with Gasteiger partial charge in [0.1, 0.15) is 22.7 Å². The molecule has 1 atom stereocenters. The number of thiazole rings is 1. The van der Waals surface area contributed by atoms with Gasteiger partial charge in [0.05, 0.1) is 23.6 Å². The molecule has 13 heteroatoms. The summed E-state index contributed by atoms with van der Waals surface area (Å²) in [6.07, 6.45) is 2.97. The second kappa shape index (κ2) is 8.95. The molecule has 0 aliphatic carbocycles. The van der Waals surface area contributed by atoms with E-state index in [1.807, 2.05) is 0 Å². The lowest BCUT2D eigenvalue weighted by Gasteiger charge is -2.14. The number of nitrogens with one attached hydrogen (secondary N) is 1. The Morgan fingerprint density at radius 1 is 1.26 bits per heavy atom. The fraction of sp³-hybridized carbons (Fsp3) is 0.286. The summed E-state index contributed by atoms with van der Waals surface area (Å²) in [5.74, 6) is -0.457. The third kappa shape index (κ3) is 4.17. The van der Waals surface area contributed by atoms with Crippen molar-refractivity contribution in [2.45, 2.75) is 33.4 Å². The van der Waals surface area contributed by atoms with E-state index < -0.39 is 23.2 Å². The molecule has 176 valence electrons. The van der Waals surface area contributed by atoms with E-state index in [9.17, 15) is 19.2 Å². The second-order valence-electron chi connectivity index (χ2n) is 7.75. The Morgan fingerprint density at radius 3 is 2.68 bits per heavy atom. The Labute approximate surface area is 201 Å². The first-order valence-electron chi connectivity index (χ1n) is 10.1. The minimum Gasteiger partial charge on any atom is -0.312 e. The van der Waals surface area contributed by atoms with E-state index in [-0.39, 0.29) is 23.5 Å². The molecule has 11 nitrogen and oxygen atoms in total. The molecule has 4 aromatic heterocycles. The first-order valence-corrected chi connectivity index (χ1v) is 11.4. The largest absolute Gasteiger partial charge is 0.332 e. The van der Waals surface area contributed by atoms with Crippen molar-refractivity contribution in [1.29, 1.82) is 0 Å². The summed E-state index contributed by atoms with van der Waals surface area (Å²) in [5, 5.41) is 5.56. The van der Waals surface area contributed by atoms with Crippen molar-refractivity contribution in [3.8, 4) is 10.6 Å². The summed E-state index contributed by atoms with van der Waals surface area (Å²) in [4.78, 5) is 62.8. The summed E-state index contributed by atoms with van der Waals surface area (Å²) in [6, 6.07) is 0.895. The molecule has 1 unspecified atom stereocenters. The molecular weight excluding hydrogens is 482 g/mol. The number of carbonyl (C=O) groups excluding carboxylic acids is 2. The molecule has 0 bridgehead atoms. The van der Waals surface area contributed by atoms with Crippen LogP contribution in [0.1, 0.15) is 25.6 Å². The number of hydrogen-bond acceptors (Lipinski definition) is 8. The van der Waals surface area contributed by atoms with E-state index in [0.717, 1.165) is 10.1 Å². The second-order valence-corrected chi connectivity index (χ2v) is 9.02. The van der Waals surface area contributed by atoms with Crippen LogP contribution in [0.4, 0.5) is 5.82 Å². The van der Waals surface area contributed by atoms with Gasteiger partial charge < -0.3 is 9.88 Å². The topological polar surface area (TPSA) is 134 Å². The number of hydrogen-bond donors (Lipinski definition) is 1. The van der Waals surface area contributed by atoms with E-state index in [1.54, 1.807) is 31.5 Å². The molecular formula is C21H20ClN7O4S. The van der Waals surface area contributed by atoms with Crippen molar-refractivity contribution >= 4 is 51.6 Å². The lowest BCUT2D eigenvalue weighted by Crippen LogP contribution is -2.41. The van der Waals surface area contributed by atoms with Gasteiger partial charge in [-0.15, -0.1) is 11.3 Å². The average molecular weight is 502 g/mol. The molecule has 34 heavy (non-hydrogen) atoms. The molecule has 0 aliphatic heterocycles. The number of halogens is 1. The van der Waals surface area contributed by atoms with Crippen LogP contribution >= 0.6 is 22.9 Å². The number of anilines is 1. The number of imidazole rings is 1. The number of amides is 1. The highest BCUT2D eigenvalue weighted by Crippen LogP contribution is 2.28. The van der Waals surface area contributed by atoms with Crippen molar-refractivity contribution < 1.29 is 9.59 Å². The molecule has 0 saturated carbocycles. The molecule has 4 rings (SSSR count). The van der Waals surface area contributed by atoms with Gasteiger partial charge >= 0.3 is 5.69 Å². The number of fused-ring (bicyclic) bond motifs is 1. The van der Waals surface area contributed by atoms with Crippen molar-refractivity contribution in [1.82, 2.24) is 28.7 Å². The predicted molar refractivity (Wildman–Crippen MR) is 128 cm³/mol. The fourth-order valence-electron chi connectivity index (χ4n) is 3.39. The normalized spacial score (nSPS) is 12.1. The number of aryl methyl sites for hydroxylation is 2. The van der Waals surface area contributed by atoms with Gasteiger partial charge in [0, 0.05) is 24.2 Å². The van der Waals surface area contributed by atoms with Crippen LogP contribution in [0.5, 0.6) is 0 Å². The van der Waals surface area contributed by atoms with Crippen LogP contribution in [0.3, 0.4) is 0 Å². The summed E-state index contributed by atoms with van der Waals surface area (Å²) in [6.45, 7) is 4.31. The first-order chi connectivity index (χ1) is 16.1. The third-order valence-electron chi connectivity index (χ3n) is 5.26. The van der Waals surface area contributed by atoms with E-state index in [1.165, 1.54) is 40.8 Å². The quantitative estimate of drug-likeness (QED) is 0.428. The monoisotopic (exact) mass is 501 g/mol. The molecule has 4 aromatic rings. The standard InChI is InChI=1S/C21H20ClN7O4S/c1-10(30)7-28-20(32)16-17(27(4)21(28)33)24-9-29(16)12(3)18(31)25-15-8-34-19(26-15)13-5-14(22)11(2)23-6-13/h5-6,8-9,12H,7H2,1-4H3,(H,25,31). The number of Topliss-reactive ketones (excluding diaryl/α,β-unsaturated/α-hetero) is 1. The summed E-state index contributed by atoms with van der Waals surface area (Å²) in [5.41, 5.74) is 0.249. The minimum atomic E-state index is -0.860. The van der Waals surface area contributed by atoms with Crippen molar-refractivity contribution in [3.05, 3.63) is 55.5 Å². The van der Waals surface area contributed by atoms with Gasteiger partial charge in [0.25, 0.3) is 5.56 Å². The Morgan fingerprint density at radius 2 is 2.00 bits per heavy atom. The highest BCUT2D eigenvalue weighted by Gasteiger charge is 2.23. The van der Waals surface area contributed by atoms with Gasteiger partial charge in [-0.25, -0.2) is 14.8 Å². The van der Waals surface area contributed by atoms with Gasteiger partial charge in [-0.3, -0.25) is 28.5 Å². The molecule has 0 aromatic carbocycles. The molecule has 1 N–H and O–H groups in total. The Bertz CT molecular complexity index is 1570. The molecule has 0 aliphatic rings. The summed E-state index contributed by atoms with van der Waals surface area (Å²) < 4.78 is 3.38. The lowest BCUT2D eigenvalue weighted by molar-refractivity contribution is -0.119. The SMILES string of the molecule is CC(=O)Cn1c(=O)c2c(ncn2C(C)C(=O)Nc2csc(-c3cnc(C)c(Cl)c3)n2)n(C)c1=O. The number of aromatic nitrogens is 6. The Kier molecular flexibility index (Phi) is 6.19. The maximum Gasteiger partial charge on any atom is 0.332 e. The lowest BCUT2D eigenvalue weighted by atomic mass is 10.2. The molecule has 4 heterocycles. The third-order valence-corrected chi connectivity index (χ3v) is 6.54. The van der Waals surface area contributed by atoms with Crippen LogP contribution in [-0.2, 0) is 23.2 Å². The zero-order chi connectivity index (χ0) is 24.7. The van der Waals surface area contributed by atoms with Gasteiger partial charge in [-0.05, 0) is 26.8 Å². The predicted octanol–water partition coefficient (Wildman–Crippen LogP) is 2.17. The average Bonchev–Trinajstić information content (AvgIpc) is 3.44. The smallest absolute Gasteiger partial charge is 0.312 e. The zero-order valence-electron chi connectivity index (χ0n) is 18.7. The minimum absolute atomic E-state index is 0.0466. The molecule has 0 spiro atoms. The van der Waals surface area contributed by atoms with Crippen LogP contribution in [0.15, 0.2) is 33.6 Å². The van der Waals surface area contributed by atoms with Crippen LogP contribution < -0.4 is 16.6 Å². The summed E-state index contributed by atoms with van der Waals surface area (Å²) in [7, 11) is 1.45. The van der Waals surface area contributed by atoms with Crippen molar-refractivity contribution in [2.75, 3.05) is 5.32 Å². The van der Waals surface area contributed by atoms with Crippen LogP contribution in [0, 0.1) is 6.92 Å². The zero-order valence-corrected chi connectivity index (χ0v) is 20.3. The number of rotatable bonds is 6. The van der Waals surface area contributed by atoms with Gasteiger partial charge in [-0.1, -0.05) is 11.6 Å². The van der Waals surface area contributed by atoms with Gasteiger partial charge in [-0.2, -0.15) is 0 Å². The van der Waals surface area contributed by atoms with Gasteiger partial charge in [0.2, 0.25) is 5.91 Å². The maximum absolute atomic E-state index is 13.0. The molecule has 1 amide bonds. The van der Waals surface area contributed by atoms with Crippen LogP contribution in [0.2, 0.25) is 5.02 Å². The number of nitrogens with zero attached hydrogens (tertiary/aromatic N) is 6. The van der Waals surface area contributed by atoms with E-state index in [4.69, 9.17) is 11.6 Å². The molecule has 0 radical (unpaired) electrons. The summed E-state index contributed by atoms with van der Waals surface area (Å²) >= 11 is 7.46. The molecule has 0 saturated heterocycles. The molecule has 0 fully saturated rings. The Balaban J connectivity index is 1.64. The van der Waals surface area contributed by atoms with Crippen LogP contribution in [-0.4, -0.2) is 40.3 Å². The Hall–Kier alpha value is -3.64. The highest BCUT2D eigenvalue weighted by atomic mass is 35.5. The highest BCUT2D eigenvalue weighted by molar-refractivity contribution is 7.13. The van der Waals surface area contributed by atoms with E-state index in [2.05, 4.69) is 20.3 Å². The number of pyridine rings is 1. The number of ketones is 1. The number of carbonyl (C=O) groups is 2. The van der Waals surface area contributed by atoms with Crippen molar-refractivity contribution in [2.24, 2.45) is 7.05 Å². The van der Waals surface area contributed by atoms with E-state index in [0.29, 0.717) is 21.5 Å². The fourth-order valence-corrected chi connectivity index (χ4v) is 4.29. The van der Waals surface area contributed by atoms with Crippen LogP contribution in [0.25, 0.3) is 21.7 Å². The van der Waals surface area contributed by atoms with Crippen molar-refractivity contribution in [3.63, 3.8) is 0 Å². The maximum atomic E-state index is 13.0. The van der Waals surface area contributed by atoms with Gasteiger partial charge in [0.15, 0.2) is 11.2 Å². The van der Waals surface area contributed by atoms with E-state index >= 15 is 0 Å². The first kappa shape index (κ1) is 23.5.